The van der Waals surface area contributed by atoms with Gasteiger partial charge in [-0.05, 0) is 110 Å². The maximum absolute atomic E-state index is 5.46. The van der Waals surface area contributed by atoms with Crippen LogP contribution in [-0.4, -0.2) is 17.9 Å². The maximum Gasteiger partial charge on any atom is 0.119 e. The summed E-state index contributed by atoms with van der Waals surface area (Å²) in [4.78, 5) is 7.48. The Balaban J connectivity index is 1.53. The van der Waals surface area contributed by atoms with Crippen molar-refractivity contribution in [1.29, 1.82) is 0 Å². The number of aromatic nitrogens is 1. The molecule has 0 bridgehead atoms. The molecule has 0 unspecified atom stereocenters. The van der Waals surface area contributed by atoms with E-state index in [2.05, 4.69) is 123 Å². The van der Waals surface area contributed by atoms with Gasteiger partial charge in [-0.15, -0.1) is 0 Å². The summed E-state index contributed by atoms with van der Waals surface area (Å²) in [6.45, 7) is 6.39. The lowest BCUT2D eigenvalue weighted by molar-refractivity contribution is 0.414. The smallest absolute Gasteiger partial charge is 0.119 e. The lowest BCUT2D eigenvalue weighted by Crippen LogP contribution is -2.09. The molecule has 0 radical (unpaired) electrons. The Hall–Kier alpha value is -4.28. The lowest BCUT2D eigenvalue weighted by atomic mass is 9.97. The van der Waals surface area contributed by atoms with E-state index >= 15 is 0 Å². The highest BCUT2D eigenvalue weighted by atomic mass is 32.2. The highest BCUT2D eigenvalue weighted by molar-refractivity contribution is 8.08. The van der Waals surface area contributed by atoms with Gasteiger partial charge in [-0.3, -0.25) is 4.99 Å². The maximum atomic E-state index is 5.46. The lowest BCUT2D eigenvalue weighted by Gasteiger charge is -2.21. The van der Waals surface area contributed by atoms with Crippen LogP contribution in [0.5, 0.6) is 5.75 Å². The largest absolute Gasteiger partial charge is 0.497 e. The highest BCUT2D eigenvalue weighted by Gasteiger charge is 2.26. The van der Waals surface area contributed by atoms with Crippen molar-refractivity contribution in [3.63, 3.8) is 0 Å². The third kappa shape index (κ3) is 5.79. The molecule has 0 fully saturated rings. The molecule has 6 rings (SSSR count). The summed E-state index contributed by atoms with van der Waals surface area (Å²) in [7, 11) is 1.71. The van der Waals surface area contributed by atoms with Gasteiger partial charge in [-0.2, -0.15) is 0 Å². The van der Waals surface area contributed by atoms with Gasteiger partial charge in [0.1, 0.15) is 5.75 Å². The van der Waals surface area contributed by atoms with Gasteiger partial charge in [0.25, 0.3) is 0 Å². The van der Waals surface area contributed by atoms with Crippen molar-refractivity contribution >= 4 is 28.6 Å². The van der Waals surface area contributed by atoms with Crippen LogP contribution in [-0.2, 0) is 6.42 Å². The van der Waals surface area contributed by atoms with Crippen molar-refractivity contribution in [2.75, 3.05) is 7.11 Å². The van der Waals surface area contributed by atoms with Crippen LogP contribution in [0.2, 0.25) is 0 Å². The monoisotopic (exact) mass is 554 g/mol. The Labute approximate surface area is 247 Å². The molecule has 0 aliphatic heterocycles. The highest BCUT2D eigenvalue weighted by Crippen LogP contribution is 2.46. The quantitative estimate of drug-likeness (QED) is 0.187. The summed E-state index contributed by atoms with van der Waals surface area (Å²) < 4.78 is 7.89. The van der Waals surface area contributed by atoms with Crippen molar-refractivity contribution in [3.05, 3.63) is 137 Å². The summed E-state index contributed by atoms with van der Waals surface area (Å²) in [5.41, 5.74) is 12.1. The second-order valence-electron chi connectivity index (χ2n) is 10.7. The Kier molecular flexibility index (Phi) is 7.67. The Bertz CT molecular complexity index is 1720. The van der Waals surface area contributed by atoms with E-state index in [1.54, 1.807) is 7.11 Å². The van der Waals surface area contributed by atoms with Gasteiger partial charge in [0.2, 0.25) is 0 Å². The Morgan fingerprint density at radius 3 is 2.15 bits per heavy atom. The zero-order valence-corrected chi connectivity index (χ0v) is 24.8. The first kappa shape index (κ1) is 26.9. The zero-order chi connectivity index (χ0) is 28.3. The molecule has 41 heavy (non-hydrogen) atoms. The Morgan fingerprint density at radius 1 is 0.756 bits per heavy atom. The standard InChI is InChI=1S/C37H34N2OS/c1-25-10-17-33(18-11-25)41-37-29(24-38-30-21-26(2)20-27(3)22-30)12-19-35-34(37)23-36(28-8-6-5-7-9-28)39(35)31-13-15-32(40-4)16-14-31/h5-11,13-18,20-24H,12,19H2,1-4H3. The normalized spacial score (nSPS) is 13.1. The fourth-order valence-electron chi connectivity index (χ4n) is 5.53. The van der Waals surface area contributed by atoms with E-state index in [-0.39, 0.29) is 0 Å². The SMILES string of the molecule is COc1ccc(-n2c(-c3ccccc3)cc3c2CCC(C=Nc2cc(C)cc(C)c2)=C3Sc2ccc(C)cc2)cc1. The van der Waals surface area contributed by atoms with Crippen molar-refractivity contribution < 1.29 is 4.74 Å². The van der Waals surface area contributed by atoms with Crippen LogP contribution in [0.15, 0.2) is 119 Å². The first-order valence-electron chi connectivity index (χ1n) is 14.0. The van der Waals surface area contributed by atoms with Gasteiger partial charge < -0.3 is 9.30 Å². The molecule has 0 saturated carbocycles. The van der Waals surface area contributed by atoms with E-state index < -0.39 is 0 Å². The number of ether oxygens (including phenoxy) is 1. The van der Waals surface area contributed by atoms with E-state index in [9.17, 15) is 0 Å². The van der Waals surface area contributed by atoms with E-state index in [1.807, 2.05) is 23.9 Å². The van der Waals surface area contributed by atoms with E-state index in [0.29, 0.717) is 0 Å². The predicted molar refractivity (Wildman–Crippen MR) is 174 cm³/mol. The number of aliphatic imine (C=N–C) groups is 1. The number of hydrogen-bond acceptors (Lipinski definition) is 3. The van der Waals surface area contributed by atoms with Crippen LogP contribution in [0.25, 0.3) is 21.8 Å². The van der Waals surface area contributed by atoms with Crippen molar-refractivity contribution in [2.24, 2.45) is 4.99 Å². The van der Waals surface area contributed by atoms with E-state index in [1.165, 1.54) is 54.6 Å². The van der Waals surface area contributed by atoms with Crippen LogP contribution in [0.3, 0.4) is 0 Å². The Morgan fingerprint density at radius 2 is 1.46 bits per heavy atom. The zero-order valence-electron chi connectivity index (χ0n) is 24.0. The number of benzene rings is 4. The topological polar surface area (TPSA) is 26.5 Å². The average molecular weight is 555 g/mol. The minimum Gasteiger partial charge on any atom is -0.497 e. The molecule has 0 saturated heterocycles. The molecular weight excluding hydrogens is 520 g/mol. The second-order valence-corrected chi connectivity index (χ2v) is 11.7. The molecule has 0 spiro atoms. The molecule has 0 amide bonds. The average Bonchev–Trinajstić information content (AvgIpc) is 3.38. The molecule has 0 atom stereocenters. The molecular formula is C37H34N2OS. The minimum atomic E-state index is 0.858. The number of allylic oxidation sites excluding steroid dienone is 1. The molecule has 204 valence electrons. The number of nitrogens with zero attached hydrogens (tertiary/aromatic N) is 2. The van der Waals surface area contributed by atoms with Crippen molar-refractivity contribution in [3.8, 4) is 22.7 Å². The fourth-order valence-corrected chi connectivity index (χ4v) is 6.61. The molecule has 1 aliphatic rings. The molecule has 4 aromatic carbocycles. The predicted octanol–water partition coefficient (Wildman–Crippen LogP) is 9.93. The van der Waals surface area contributed by atoms with Crippen LogP contribution >= 0.6 is 11.8 Å². The third-order valence-corrected chi connectivity index (χ3v) is 8.68. The number of hydrogen-bond donors (Lipinski definition) is 0. The fraction of sp³-hybridized carbons (Fsp3) is 0.162. The van der Waals surface area contributed by atoms with Gasteiger partial charge in [0.15, 0.2) is 0 Å². The summed E-state index contributed by atoms with van der Waals surface area (Å²) in [6, 6.07) is 36.8. The molecule has 4 heteroatoms. The van der Waals surface area contributed by atoms with E-state index in [0.717, 1.165) is 30.0 Å². The van der Waals surface area contributed by atoms with Gasteiger partial charge in [0.05, 0.1) is 18.5 Å². The molecule has 3 nitrogen and oxygen atoms in total. The molecule has 1 aromatic heterocycles. The van der Waals surface area contributed by atoms with Gasteiger partial charge >= 0.3 is 0 Å². The van der Waals surface area contributed by atoms with Gasteiger partial charge in [-0.1, -0.05) is 65.9 Å². The first-order valence-corrected chi connectivity index (χ1v) is 14.8. The van der Waals surface area contributed by atoms with Crippen molar-refractivity contribution in [1.82, 2.24) is 4.57 Å². The molecule has 5 aromatic rings. The first-order chi connectivity index (χ1) is 20.0. The van der Waals surface area contributed by atoms with Crippen LogP contribution in [0.1, 0.15) is 34.4 Å². The van der Waals surface area contributed by atoms with Crippen LogP contribution in [0.4, 0.5) is 5.69 Å². The number of rotatable bonds is 7. The number of thioether (sulfide) groups is 1. The third-order valence-electron chi connectivity index (χ3n) is 7.49. The van der Waals surface area contributed by atoms with Crippen LogP contribution in [0, 0.1) is 20.8 Å². The number of methoxy groups -OCH3 is 1. The minimum absolute atomic E-state index is 0.858. The summed E-state index contributed by atoms with van der Waals surface area (Å²) >= 11 is 1.84. The second kappa shape index (κ2) is 11.7. The van der Waals surface area contributed by atoms with Crippen molar-refractivity contribution in [2.45, 2.75) is 38.5 Å². The van der Waals surface area contributed by atoms with Crippen LogP contribution < -0.4 is 4.74 Å². The molecule has 0 N–H and O–H groups in total. The van der Waals surface area contributed by atoms with Gasteiger partial charge in [0, 0.05) is 33.0 Å². The summed E-state index contributed by atoms with van der Waals surface area (Å²) in [5, 5.41) is 0. The molecule has 1 aliphatic carbocycles. The number of fused-ring (bicyclic) bond motifs is 1. The summed E-state index contributed by atoms with van der Waals surface area (Å²) in [6.07, 6.45) is 3.95. The molecule has 1 heterocycles. The van der Waals surface area contributed by atoms with E-state index in [4.69, 9.17) is 9.73 Å². The van der Waals surface area contributed by atoms with Gasteiger partial charge in [-0.25, -0.2) is 0 Å². The number of aryl methyl sites for hydroxylation is 3. The summed E-state index contributed by atoms with van der Waals surface area (Å²) in [5.74, 6) is 0.858.